The molecular formula is C27H24ClNO3. The Kier molecular flexibility index (Phi) is 4.72. The SMILES string of the molecule is O=C(COC(=O)c1cc2c3c(c1)[C@@H]1C=CC[C@@H]1CN3C[C@H]1CC=C[C@H]21)c1ccc(Cl)cc1. The number of allylic oxidation sites excluding steroid dienone is 4. The zero-order chi connectivity index (χ0) is 21.8. The summed E-state index contributed by atoms with van der Waals surface area (Å²) < 4.78 is 5.46. The van der Waals surface area contributed by atoms with Crippen LogP contribution in [-0.4, -0.2) is 31.4 Å². The van der Waals surface area contributed by atoms with Gasteiger partial charge in [-0.2, -0.15) is 0 Å². The molecule has 162 valence electrons. The van der Waals surface area contributed by atoms with Gasteiger partial charge < -0.3 is 9.64 Å². The van der Waals surface area contributed by atoms with E-state index in [0.29, 0.717) is 39.8 Å². The number of ether oxygens (including phenoxy) is 1. The lowest BCUT2D eigenvalue weighted by molar-refractivity contribution is 0.0474. The average Bonchev–Trinajstić information content (AvgIpc) is 3.47. The highest BCUT2D eigenvalue weighted by Crippen LogP contribution is 2.53. The van der Waals surface area contributed by atoms with E-state index in [9.17, 15) is 9.59 Å². The van der Waals surface area contributed by atoms with E-state index in [1.807, 2.05) is 12.1 Å². The number of hydrogen-bond donors (Lipinski definition) is 0. The van der Waals surface area contributed by atoms with Gasteiger partial charge in [-0.15, -0.1) is 0 Å². The van der Waals surface area contributed by atoms with E-state index in [0.717, 1.165) is 25.9 Å². The Morgan fingerprint density at radius 2 is 1.50 bits per heavy atom. The van der Waals surface area contributed by atoms with Crippen molar-refractivity contribution in [1.82, 2.24) is 0 Å². The lowest BCUT2D eigenvalue weighted by Crippen LogP contribution is -2.43. The maximum absolute atomic E-state index is 13.0. The van der Waals surface area contributed by atoms with Crippen molar-refractivity contribution in [2.24, 2.45) is 11.8 Å². The highest BCUT2D eigenvalue weighted by molar-refractivity contribution is 6.30. The number of fused-ring (bicyclic) bond motifs is 4. The van der Waals surface area contributed by atoms with Gasteiger partial charge in [0, 0.05) is 41.2 Å². The van der Waals surface area contributed by atoms with Gasteiger partial charge in [-0.05, 0) is 72.2 Å². The van der Waals surface area contributed by atoms with E-state index in [4.69, 9.17) is 16.3 Å². The standard InChI is InChI=1S/C27H24ClNO3/c28-20-9-7-16(8-10-20)25(30)15-32-27(31)19-11-23-21-5-1-3-17(21)13-29-14-18-4-2-6-22(18)24(12-19)26(23)29/h1-2,5-12,17-18,21-22H,3-4,13-15H2/t17-,18-,21-,22+/m1/s1. The monoisotopic (exact) mass is 445 g/mol. The summed E-state index contributed by atoms with van der Waals surface area (Å²) in [5.41, 5.74) is 4.82. The summed E-state index contributed by atoms with van der Waals surface area (Å²) in [5, 5.41) is 0.564. The first-order valence-corrected chi connectivity index (χ1v) is 11.7. The molecule has 0 amide bonds. The number of carbonyl (C=O) groups excluding carboxylic acids is 2. The van der Waals surface area contributed by atoms with Gasteiger partial charge in [0.2, 0.25) is 0 Å². The molecule has 4 atom stereocenters. The maximum Gasteiger partial charge on any atom is 0.338 e. The smallest absolute Gasteiger partial charge is 0.338 e. The van der Waals surface area contributed by atoms with Crippen LogP contribution in [0.25, 0.3) is 0 Å². The second-order valence-electron chi connectivity index (χ2n) is 9.31. The number of anilines is 1. The average molecular weight is 446 g/mol. The predicted octanol–water partition coefficient (Wildman–Crippen LogP) is 5.53. The molecule has 0 radical (unpaired) electrons. The Morgan fingerprint density at radius 1 is 0.906 bits per heavy atom. The lowest BCUT2D eigenvalue weighted by atomic mass is 9.74. The van der Waals surface area contributed by atoms with Crippen LogP contribution in [0.15, 0.2) is 60.7 Å². The summed E-state index contributed by atoms with van der Waals surface area (Å²) in [4.78, 5) is 28.0. The van der Waals surface area contributed by atoms with E-state index in [1.165, 1.54) is 16.8 Å². The Balaban J connectivity index is 1.31. The number of esters is 1. The number of carbonyl (C=O) groups is 2. The molecule has 0 unspecified atom stereocenters. The number of hydrogen-bond acceptors (Lipinski definition) is 4. The third kappa shape index (κ3) is 3.20. The van der Waals surface area contributed by atoms with E-state index < -0.39 is 5.97 Å². The van der Waals surface area contributed by atoms with Crippen LogP contribution in [-0.2, 0) is 4.74 Å². The number of Topliss-reactive ketones (excluding diaryl/α,β-unsaturated/α-hetero) is 1. The van der Waals surface area contributed by atoms with Gasteiger partial charge in [0.1, 0.15) is 0 Å². The number of ketones is 1. The van der Waals surface area contributed by atoms with Crippen molar-refractivity contribution in [3.8, 4) is 0 Å². The molecule has 6 rings (SSSR count). The van der Waals surface area contributed by atoms with E-state index >= 15 is 0 Å². The van der Waals surface area contributed by atoms with Crippen LogP contribution in [0.1, 0.15) is 56.5 Å². The first-order valence-electron chi connectivity index (χ1n) is 11.3. The van der Waals surface area contributed by atoms with Gasteiger partial charge in [-0.1, -0.05) is 35.9 Å². The fraction of sp³-hybridized carbons (Fsp3) is 0.333. The third-order valence-electron chi connectivity index (χ3n) is 7.43. The topological polar surface area (TPSA) is 46.6 Å². The van der Waals surface area contributed by atoms with Crippen molar-refractivity contribution in [3.63, 3.8) is 0 Å². The summed E-state index contributed by atoms with van der Waals surface area (Å²) in [6.07, 6.45) is 11.3. The molecule has 0 spiro atoms. The van der Waals surface area contributed by atoms with Gasteiger partial charge in [0.05, 0.1) is 5.56 Å². The molecule has 4 aliphatic rings. The van der Waals surface area contributed by atoms with Gasteiger partial charge in [0.25, 0.3) is 0 Å². The summed E-state index contributed by atoms with van der Waals surface area (Å²) in [6, 6.07) is 10.6. The highest BCUT2D eigenvalue weighted by atomic mass is 35.5. The van der Waals surface area contributed by atoms with Crippen molar-refractivity contribution in [2.75, 3.05) is 24.6 Å². The predicted molar refractivity (Wildman–Crippen MR) is 125 cm³/mol. The van der Waals surface area contributed by atoms with Crippen molar-refractivity contribution in [1.29, 1.82) is 0 Å². The third-order valence-corrected chi connectivity index (χ3v) is 7.68. The zero-order valence-corrected chi connectivity index (χ0v) is 18.4. The van der Waals surface area contributed by atoms with Gasteiger partial charge >= 0.3 is 5.97 Å². The first-order chi connectivity index (χ1) is 15.6. The molecule has 32 heavy (non-hydrogen) atoms. The largest absolute Gasteiger partial charge is 0.454 e. The molecule has 0 N–H and O–H groups in total. The van der Waals surface area contributed by atoms with Crippen molar-refractivity contribution < 1.29 is 14.3 Å². The van der Waals surface area contributed by atoms with Gasteiger partial charge in [-0.25, -0.2) is 4.79 Å². The van der Waals surface area contributed by atoms with Crippen LogP contribution in [0.3, 0.4) is 0 Å². The molecular weight excluding hydrogens is 422 g/mol. The molecule has 2 aromatic carbocycles. The number of nitrogens with zero attached hydrogens (tertiary/aromatic N) is 1. The molecule has 0 saturated carbocycles. The summed E-state index contributed by atoms with van der Waals surface area (Å²) in [7, 11) is 0. The maximum atomic E-state index is 13.0. The quantitative estimate of drug-likeness (QED) is 0.352. The van der Waals surface area contributed by atoms with Crippen LogP contribution < -0.4 is 4.90 Å². The second kappa shape index (κ2) is 7.63. The summed E-state index contributed by atoms with van der Waals surface area (Å²) in [6.45, 7) is 1.89. The lowest BCUT2D eigenvalue weighted by Gasteiger charge is -2.46. The minimum absolute atomic E-state index is 0.238. The van der Waals surface area contributed by atoms with Gasteiger partial charge in [-0.3, -0.25) is 4.79 Å². The van der Waals surface area contributed by atoms with Gasteiger partial charge in [0.15, 0.2) is 12.4 Å². The fourth-order valence-electron chi connectivity index (χ4n) is 5.93. The summed E-state index contributed by atoms with van der Waals surface area (Å²) in [5.74, 6) is 1.16. The molecule has 2 aliphatic carbocycles. The molecule has 0 bridgehead atoms. The Morgan fingerprint density at radius 3 is 2.09 bits per heavy atom. The highest BCUT2D eigenvalue weighted by Gasteiger charge is 2.42. The van der Waals surface area contributed by atoms with E-state index in [2.05, 4.69) is 29.2 Å². The fourth-order valence-corrected chi connectivity index (χ4v) is 6.05. The summed E-state index contributed by atoms with van der Waals surface area (Å²) >= 11 is 5.89. The number of halogens is 1. The zero-order valence-electron chi connectivity index (χ0n) is 17.7. The normalized spacial score (nSPS) is 26.5. The van der Waals surface area contributed by atoms with E-state index in [1.54, 1.807) is 24.3 Å². The molecule has 0 aromatic heterocycles. The minimum Gasteiger partial charge on any atom is -0.454 e. The van der Waals surface area contributed by atoms with Crippen LogP contribution in [0.4, 0.5) is 5.69 Å². The molecule has 2 heterocycles. The van der Waals surface area contributed by atoms with Crippen LogP contribution in [0.2, 0.25) is 5.02 Å². The molecule has 5 heteroatoms. The molecule has 0 fully saturated rings. The Labute approximate surface area is 192 Å². The second-order valence-corrected chi connectivity index (χ2v) is 9.75. The van der Waals surface area contributed by atoms with Crippen LogP contribution >= 0.6 is 11.6 Å². The molecule has 4 nitrogen and oxygen atoms in total. The Hall–Kier alpha value is -2.85. The number of rotatable bonds is 4. The van der Waals surface area contributed by atoms with Crippen LogP contribution in [0.5, 0.6) is 0 Å². The molecule has 0 saturated heterocycles. The molecule has 2 aromatic rings. The molecule has 2 aliphatic heterocycles. The number of benzene rings is 2. The van der Waals surface area contributed by atoms with Crippen molar-refractivity contribution in [3.05, 3.63) is 88.0 Å². The van der Waals surface area contributed by atoms with E-state index in [-0.39, 0.29) is 12.4 Å². The first kappa shape index (κ1) is 19.8. The van der Waals surface area contributed by atoms with Crippen molar-refractivity contribution >= 4 is 29.0 Å². The van der Waals surface area contributed by atoms with Crippen LogP contribution in [0, 0.1) is 11.8 Å². The minimum atomic E-state index is -0.439. The Bertz CT molecular complexity index is 1110. The van der Waals surface area contributed by atoms with Crippen molar-refractivity contribution in [2.45, 2.75) is 24.7 Å².